The molecule has 2 amide bonds. The molecule has 2 atom stereocenters. The van der Waals surface area contributed by atoms with Gasteiger partial charge in [0.05, 0.1) is 6.04 Å². The number of guanidine groups is 1. The number of urea groups is 1. The van der Waals surface area contributed by atoms with E-state index in [1.807, 2.05) is 0 Å². The first-order chi connectivity index (χ1) is 12.7. The minimum atomic E-state index is -4.80. The van der Waals surface area contributed by atoms with Gasteiger partial charge in [-0.15, -0.1) is 14.5 Å². The van der Waals surface area contributed by atoms with E-state index in [9.17, 15) is 13.2 Å². The summed E-state index contributed by atoms with van der Waals surface area (Å²) in [7, 11) is -4.80. The second kappa shape index (κ2) is 6.03. The van der Waals surface area contributed by atoms with Gasteiger partial charge in [-0.3, -0.25) is 9.96 Å². The predicted molar refractivity (Wildman–Crippen MR) is 87.3 cm³/mol. The molecule has 1 unspecified atom stereocenters. The number of hydroxylamine groups is 2. The number of fused-ring (bicyclic) bond motifs is 3. The number of carbonyl (C=O) groups is 1. The summed E-state index contributed by atoms with van der Waals surface area (Å²) in [5, 5.41) is 18.5. The number of hydrogen-bond donors (Lipinski definition) is 4. The summed E-state index contributed by atoms with van der Waals surface area (Å²) in [4.78, 5) is 14.1. The zero-order valence-corrected chi connectivity index (χ0v) is 15.0. The summed E-state index contributed by atoms with van der Waals surface area (Å²) >= 11 is 0. The lowest BCUT2D eigenvalue weighted by Gasteiger charge is -2.34. The van der Waals surface area contributed by atoms with Crippen molar-refractivity contribution in [1.29, 1.82) is 5.41 Å². The van der Waals surface area contributed by atoms with Crippen LogP contribution < -0.4 is 11.1 Å². The van der Waals surface area contributed by atoms with E-state index in [0.29, 0.717) is 25.3 Å². The smallest absolute Gasteiger partial charge is 0.418 e. The molecule has 0 radical (unpaired) electrons. The Kier molecular flexibility index (Phi) is 4.01. The quantitative estimate of drug-likeness (QED) is 0.266. The average molecular weight is 401 g/mol. The zero-order chi connectivity index (χ0) is 19.4. The Balaban J connectivity index is 1.53. The lowest BCUT2D eigenvalue weighted by Crippen LogP contribution is -2.43. The molecule has 4 rings (SSSR count). The molecular weight excluding hydrogens is 382 g/mol. The Bertz CT molecular complexity index is 881. The van der Waals surface area contributed by atoms with E-state index in [4.69, 9.17) is 20.1 Å². The molecule has 2 aliphatic heterocycles. The van der Waals surface area contributed by atoms with Crippen LogP contribution in [0.3, 0.4) is 0 Å². The van der Waals surface area contributed by atoms with Gasteiger partial charge in [-0.05, 0) is 24.7 Å². The highest BCUT2D eigenvalue weighted by Gasteiger charge is 2.64. The van der Waals surface area contributed by atoms with E-state index < -0.39 is 28.5 Å². The van der Waals surface area contributed by atoms with Crippen molar-refractivity contribution in [2.75, 3.05) is 13.1 Å². The predicted octanol–water partition coefficient (Wildman–Crippen LogP) is -0.839. The second-order valence-corrected chi connectivity index (χ2v) is 7.99. The zero-order valence-electron chi connectivity index (χ0n) is 14.2. The van der Waals surface area contributed by atoms with Crippen molar-refractivity contribution < 1.29 is 26.5 Å². The van der Waals surface area contributed by atoms with Crippen LogP contribution in [0.2, 0.25) is 0 Å². The van der Waals surface area contributed by atoms with E-state index in [0.717, 1.165) is 17.9 Å². The fourth-order valence-corrected chi connectivity index (χ4v) is 4.21. The van der Waals surface area contributed by atoms with Crippen LogP contribution in [0.4, 0.5) is 4.79 Å². The van der Waals surface area contributed by atoms with Gasteiger partial charge in [0, 0.05) is 19.5 Å². The van der Waals surface area contributed by atoms with E-state index in [1.165, 1.54) is 4.90 Å². The highest BCUT2D eigenvalue weighted by atomic mass is 32.3. The van der Waals surface area contributed by atoms with Gasteiger partial charge in [0.1, 0.15) is 6.04 Å². The normalized spacial score (nSPS) is 25.9. The molecule has 3 fully saturated rings. The molecule has 2 bridgehead atoms. The van der Waals surface area contributed by atoms with Crippen molar-refractivity contribution in [3.63, 3.8) is 0 Å². The van der Waals surface area contributed by atoms with Crippen LogP contribution in [0.1, 0.15) is 37.1 Å². The minimum Gasteiger partial charge on any atom is -0.423 e. The number of hydrogen-bond acceptors (Lipinski definition) is 8. The SMILES string of the molecule is N=C(N)NCCc1nnc([C@@H]2CC3(CC3)C3CN2C(=O)N3OS(=O)(=O)O)o1. The summed E-state index contributed by atoms with van der Waals surface area (Å²) in [6, 6.07) is -1.61. The first-order valence-corrected chi connectivity index (χ1v) is 9.72. The minimum absolute atomic E-state index is 0.162. The average Bonchev–Trinajstić information content (AvgIpc) is 3.07. The van der Waals surface area contributed by atoms with Gasteiger partial charge in [0.2, 0.25) is 11.8 Å². The van der Waals surface area contributed by atoms with Gasteiger partial charge in [-0.1, -0.05) is 0 Å². The van der Waals surface area contributed by atoms with Crippen molar-refractivity contribution in [3.8, 4) is 0 Å². The Morgan fingerprint density at radius 2 is 2.22 bits per heavy atom. The molecule has 1 saturated carbocycles. The van der Waals surface area contributed by atoms with Crippen molar-refractivity contribution in [3.05, 3.63) is 11.8 Å². The summed E-state index contributed by atoms with van der Waals surface area (Å²) in [6.45, 7) is 0.606. The number of nitrogens with two attached hydrogens (primary N) is 1. The number of rotatable bonds is 6. The molecule has 27 heavy (non-hydrogen) atoms. The second-order valence-electron chi connectivity index (χ2n) is 6.99. The van der Waals surface area contributed by atoms with E-state index in [2.05, 4.69) is 19.8 Å². The number of piperidine rings is 1. The van der Waals surface area contributed by atoms with Crippen molar-refractivity contribution in [2.24, 2.45) is 11.1 Å². The molecule has 1 aromatic heterocycles. The van der Waals surface area contributed by atoms with Crippen LogP contribution in [0.25, 0.3) is 0 Å². The van der Waals surface area contributed by atoms with Crippen molar-refractivity contribution in [1.82, 2.24) is 25.5 Å². The van der Waals surface area contributed by atoms with Crippen LogP contribution >= 0.6 is 0 Å². The van der Waals surface area contributed by atoms with Crippen LogP contribution in [0.5, 0.6) is 0 Å². The molecule has 2 saturated heterocycles. The van der Waals surface area contributed by atoms with Crippen LogP contribution in [-0.2, 0) is 21.1 Å². The summed E-state index contributed by atoms with van der Waals surface area (Å²) < 4.78 is 41.4. The summed E-state index contributed by atoms with van der Waals surface area (Å²) in [5.41, 5.74) is 4.92. The molecule has 1 aliphatic carbocycles. The molecule has 0 aromatic carbocycles. The van der Waals surface area contributed by atoms with E-state index in [-0.39, 0.29) is 23.8 Å². The molecule has 3 heterocycles. The molecule has 5 N–H and O–H groups in total. The molecular formula is C13H19N7O6S. The third-order valence-electron chi connectivity index (χ3n) is 5.26. The van der Waals surface area contributed by atoms with E-state index >= 15 is 0 Å². The lowest BCUT2D eigenvalue weighted by molar-refractivity contribution is -0.0530. The van der Waals surface area contributed by atoms with Crippen molar-refractivity contribution in [2.45, 2.75) is 37.8 Å². The maximum absolute atomic E-state index is 12.6. The number of nitrogens with one attached hydrogen (secondary N) is 2. The van der Waals surface area contributed by atoms with Gasteiger partial charge in [0.15, 0.2) is 5.96 Å². The van der Waals surface area contributed by atoms with Gasteiger partial charge in [-0.25, -0.2) is 4.79 Å². The summed E-state index contributed by atoms with van der Waals surface area (Å²) in [5.74, 6) is 0.438. The number of nitrogens with zero attached hydrogens (tertiary/aromatic N) is 4. The Morgan fingerprint density at radius 1 is 1.48 bits per heavy atom. The van der Waals surface area contributed by atoms with Gasteiger partial charge in [-0.2, -0.15) is 13.5 Å². The van der Waals surface area contributed by atoms with Crippen LogP contribution in [0, 0.1) is 10.8 Å². The van der Waals surface area contributed by atoms with Gasteiger partial charge < -0.3 is 20.4 Å². The Hall–Kier alpha value is -2.45. The van der Waals surface area contributed by atoms with Crippen molar-refractivity contribution >= 4 is 22.4 Å². The third-order valence-corrected chi connectivity index (χ3v) is 5.61. The first kappa shape index (κ1) is 17.9. The highest BCUT2D eigenvalue weighted by Crippen LogP contribution is 2.61. The fourth-order valence-electron chi connectivity index (χ4n) is 3.84. The molecule has 148 valence electrons. The largest absolute Gasteiger partial charge is 0.423 e. The first-order valence-electron chi connectivity index (χ1n) is 8.35. The number of amides is 2. The number of aromatic nitrogens is 2. The number of carbonyl (C=O) groups excluding carboxylic acids is 1. The lowest BCUT2D eigenvalue weighted by atomic mass is 9.85. The maximum atomic E-state index is 12.6. The fraction of sp³-hybridized carbons (Fsp3) is 0.692. The molecule has 13 nitrogen and oxygen atoms in total. The van der Waals surface area contributed by atoms with Gasteiger partial charge >= 0.3 is 16.4 Å². The Morgan fingerprint density at radius 3 is 2.85 bits per heavy atom. The standard InChI is InChI=1S/C13H19N7O6S/c14-11(15)16-4-1-9-17-18-10(25-9)7-5-13(2-3-13)8-6-19(7)12(21)20(8)26-27(22,23)24/h7-8H,1-6H2,(H4,14,15,16)(H,22,23,24)/t7-,8?/m0/s1. The third kappa shape index (κ3) is 3.30. The molecule has 1 aromatic rings. The molecule has 1 spiro atoms. The highest BCUT2D eigenvalue weighted by molar-refractivity contribution is 7.80. The monoisotopic (exact) mass is 401 g/mol. The maximum Gasteiger partial charge on any atom is 0.418 e. The van der Waals surface area contributed by atoms with Crippen LogP contribution in [0.15, 0.2) is 4.42 Å². The van der Waals surface area contributed by atoms with Gasteiger partial charge in [0.25, 0.3) is 0 Å². The van der Waals surface area contributed by atoms with Crippen LogP contribution in [-0.4, -0.2) is 64.3 Å². The van der Waals surface area contributed by atoms with E-state index in [1.54, 1.807) is 0 Å². The Labute approximate surface area is 154 Å². The topological polar surface area (TPSA) is 188 Å². The molecule has 14 heteroatoms. The molecule has 3 aliphatic rings. The summed E-state index contributed by atoms with van der Waals surface area (Å²) in [6.07, 6.45) is 2.52.